The maximum atomic E-state index is 12.5. The van der Waals surface area contributed by atoms with Crippen molar-refractivity contribution in [3.05, 3.63) is 28.6 Å². The smallest absolute Gasteiger partial charge is 0.309 e. The van der Waals surface area contributed by atoms with Crippen LogP contribution in [0.15, 0.2) is 6.07 Å². The Labute approximate surface area is 96.8 Å². The highest BCUT2D eigenvalue weighted by molar-refractivity contribution is 5.73. The zero-order valence-corrected chi connectivity index (χ0v) is 9.33. The number of nitriles is 1. The lowest BCUT2D eigenvalue weighted by molar-refractivity contribution is -0.139. The first-order valence-electron chi connectivity index (χ1n) is 4.75. The first-order valence-corrected chi connectivity index (χ1v) is 4.75. The van der Waals surface area contributed by atoms with E-state index in [1.165, 1.54) is 7.11 Å². The van der Waals surface area contributed by atoms with Crippen molar-refractivity contribution in [3.8, 4) is 6.07 Å². The monoisotopic (exact) mass is 240 g/mol. The van der Waals surface area contributed by atoms with Gasteiger partial charge in [0, 0.05) is 0 Å². The Kier molecular flexibility index (Phi) is 4.10. The second-order valence-electron chi connectivity index (χ2n) is 3.35. The van der Waals surface area contributed by atoms with Crippen molar-refractivity contribution in [1.29, 1.82) is 5.26 Å². The average Bonchev–Trinajstić information content (AvgIpc) is 2.31. The number of ether oxygens (including phenoxy) is 1. The van der Waals surface area contributed by atoms with E-state index in [-0.39, 0.29) is 12.1 Å². The number of hydrogen-bond donors (Lipinski definition) is 0. The van der Waals surface area contributed by atoms with Crippen molar-refractivity contribution < 1.29 is 18.3 Å². The van der Waals surface area contributed by atoms with Gasteiger partial charge < -0.3 is 4.74 Å². The lowest BCUT2D eigenvalue weighted by atomic mass is 10.0. The fourth-order valence-corrected chi connectivity index (χ4v) is 1.32. The first kappa shape index (κ1) is 13.0. The summed E-state index contributed by atoms with van der Waals surface area (Å²) in [5, 5.41) is 8.77. The number of esters is 1. The molecular weight excluding hydrogens is 230 g/mol. The van der Waals surface area contributed by atoms with Crippen molar-refractivity contribution in [3.63, 3.8) is 0 Å². The van der Waals surface area contributed by atoms with E-state index in [9.17, 15) is 13.6 Å². The molecule has 90 valence electrons. The Morgan fingerprint density at radius 1 is 1.65 bits per heavy atom. The van der Waals surface area contributed by atoms with Gasteiger partial charge >= 0.3 is 5.97 Å². The molecule has 6 heteroatoms. The normalized spacial score (nSPS) is 10.1. The van der Waals surface area contributed by atoms with Gasteiger partial charge in [-0.2, -0.15) is 5.26 Å². The van der Waals surface area contributed by atoms with Crippen LogP contribution in [0.3, 0.4) is 0 Å². The molecule has 0 fully saturated rings. The molecule has 1 rings (SSSR count). The molecule has 0 unspecified atom stereocenters. The van der Waals surface area contributed by atoms with Crippen LogP contribution in [0.4, 0.5) is 8.78 Å². The first-order chi connectivity index (χ1) is 7.99. The molecule has 0 saturated heterocycles. The number of carbonyl (C=O) groups excluding carboxylic acids is 1. The van der Waals surface area contributed by atoms with E-state index in [1.807, 2.05) is 0 Å². The van der Waals surface area contributed by atoms with Gasteiger partial charge in [0.15, 0.2) is 0 Å². The minimum atomic E-state index is -2.78. The quantitative estimate of drug-likeness (QED) is 0.757. The van der Waals surface area contributed by atoms with E-state index in [1.54, 1.807) is 13.0 Å². The molecule has 17 heavy (non-hydrogen) atoms. The maximum absolute atomic E-state index is 12.5. The van der Waals surface area contributed by atoms with Gasteiger partial charge in [0.1, 0.15) is 17.5 Å². The molecule has 0 aliphatic rings. The molecule has 1 aromatic heterocycles. The molecule has 1 heterocycles. The van der Waals surface area contributed by atoms with Crippen LogP contribution in [0, 0.1) is 18.3 Å². The number of aromatic nitrogens is 1. The van der Waals surface area contributed by atoms with E-state index in [2.05, 4.69) is 9.72 Å². The van der Waals surface area contributed by atoms with E-state index >= 15 is 0 Å². The van der Waals surface area contributed by atoms with Crippen LogP contribution in [0.25, 0.3) is 0 Å². The van der Waals surface area contributed by atoms with Gasteiger partial charge in [-0.15, -0.1) is 0 Å². The number of carbonyl (C=O) groups is 1. The number of methoxy groups -OCH3 is 1. The maximum Gasteiger partial charge on any atom is 0.309 e. The third-order valence-corrected chi connectivity index (χ3v) is 2.29. The van der Waals surface area contributed by atoms with Crippen LogP contribution in [0.1, 0.15) is 28.9 Å². The molecule has 0 spiro atoms. The predicted octanol–water partition coefficient (Wildman–Crippen LogP) is 1.91. The topological polar surface area (TPSA) is 63.0 Å². The van der Waals surface area contributed by atoms with Crippen LogP contribution in [-0.4, -0.2) is 18.1 Å². The number of halogens is 2. The minimum Gasteiger partial charge on any atom is -0.469 e. The number of pyridine rings is 1. The highest BCUT2D eigenvalue weighted by atomic mass is 19.3. The summed E-state index contributed by atoms with van der Waals surface area (Å²) in [5.74, 6) is -0.552. The van der Waals surface area contributed by atoms with E-state index in [4.69, 9.17) is 5.26 Å². The lowest BCUT2D eigenvalue weighted by Gasteiger charge is -2.08. The number of hydrogen-bond acceptors (Lipinski definition) is 4. The van der Waals surface area contributed by atoms with Crippen LogP contribution in [-0.2, 0) is 16.0 Å². The van der Waals surface area contributed by atoms with Gasteiger partial charge in [-0.05, 0) is 24.1 Å². The molecule has 0 saturated carbocycles. The molecule has 1 aromatic rings. The standard InChI is InChI=1S/C11H10F2N2O2/c1-6-7(4-10(16)17-2)3-8(11(12)13)15-9(6)5-14/h3,11H,4H2,1-2H3. The molecule has 0 radical (unpaired) electrons. The fourth-order valence-electron chi connectivity index (χ4n) is 1.32. The summed E-state index contributed by atoms with van der Waals surface area (Å²) in [5.41, 5.74) is 0.147. The SMILES string of the molecule is COC(=O)Cc1cc(C(F)F)nc(C#N)c1C. The molecular formula is C11H10F2N2O2. The van der Waals surface area contributed by atoms with Crippen LogP contribution < -0.4 is 0 Å². The molecule has 0 aromatic carbocycles. The second kappa shape index (κ2) is 5.34. The summed E-state index contributed by atoms with van der Waals surface area (Å²) in [6.07, 6.45) is -2.93. The Bertz CT molecular complexity index is 481. The summed E-state index contributed by atoms with van der Waals surface area (Å²) < 4.78 is 29.5. The third kappa shape index (κ3) is 2.97. The average molecular weight is 240 g/mol. The van der Waals surface area contributed by atoms with Crippen LogP contribution in [0.5, 0.6) is 0 Å². The van der Waals surface area contributed by atoms with Gasteiger partial charge in [0.2, 0.25) is 0 Å². The molecule has 0 bridgehead atoms. The number of rotatable bonds is 3. The fraction of sp³-hybridized carbons (Fsp3) is 0.364. The summed E-state index contributed by atoms with van der Waals surface area (Å²) in [6.45, 7) is 1.55. The largest absolute Gasteiger partial charge is 0.469 e. The highest BCUT2D eigenvalue weighted by Gasteiger charge is 2.17. The summed E-state index contributed by atoms with van der Waals surface area (Å²) in [6, 6.07) is 2.85. The number of alkyl halides is 2. The molecule has 0 aliphatic carbocycles. The summed E-state index contributed by atoms with van der Waals surface area (Å²) in [4.78, 5) is 14.6. The molecule has 4 nitrogen and oxygen atoms in total. The Balaban J connectivity index is 3.24. The zero-order valence-electron chi connectivity index (χ0n) is 9.33. The second-order valence-corrected chi connectivity index (χ2v) is 3.35. The van der Waals surface area contributed by atoms with Gasteiger partial charge in [-0.3, -0.25) is 4.79 Å². The van der Waals surface area contributed by atoms with Crippen molar-refractivity contribution >= 4 is 5.97 Å². The predicted molar refractivity (Wildman–Crippen MR) is 54.4 cm³/mol. The van der Waals surface area contributed by atoms with Gasteiger partial charge in [-0.1, -0.05) is 0 Å². The Hall–Kier alpha value is -2.03. The molecule has 0 atom stereocenters. The number of nitrogens with zero attached hydrogens (tertiary/aromatic N) is 2. The lowest BCUT2D eigenvalue weighted by Crippen LogP contribution is -2.09. The van der Waals surface area contributed by atoms with E-state index in [0.717, 1.165) is 6.07 Å². The van der Waals surface area contributed by atoms with Gasteiger partial charge in [0.05, 0.1) is 13.5 Å². The van der Waals surface area contributed by atoms with Gasteiger partial charge in [-0.25, -0.2) is 13.8 Å². The summed E-state index contributed by atoms with van der Waals surface area (Å²) in [7, 11) is 1.21. The summed E-state index contributed by atoms with van der Waals surface area (Å²) >= 11 is 0. The van der Waals surface area contributed by atoms with Crippen molar-refractivity contribution in [2.45, 2.75) is 19.8 Å². The van der Waals surface area contributed by atoms with Gasteiger partial charge in [0.25, 0.3) is 6.43 Å². The molecule has 0 N–H and O–H groups in total. The minimum absolute atomic E-state index is 0.0956. The van der Waals surface area contributed by atoms with Crippen LogP contribution in [0.2, 0.25) is 0 Å². The van der Waals surface area contributed by atoms with E-state index < -0.39 is 18.1 Å². The third-order valence-electron chi connectivity index (χ3n) is 2.29. The zero-order chi connectivity index (χ0) is 13.0. The van der Waals surface area contributed by atoms with Crippen LogP contribution >= 0.6 is 0 Å². The van der Waals surface area contributed by atoms with E-state index in [0.29, 0.717) is 11.1 Å². The van der Waals surface area contributed by atoms with Crippen molar-refractivity contribution in [1.82, 2.24) is 4.98 Å². The van der Waals surface area contributed by atoms with Crippen molar-refractivity contribution in [2.75, 3.05) is 7.11 Å². The Morgan fingerprint density at radius 3 is 2.76 bits per heavy atom. The molecule has 0 aliphatic heterocycles. The van der Waals surface area contributed by atoms with Crippen molar-refractivity contribution in [2.24, 2.45) is 0 Å². The Morgan fingerprint density at radius 2 is 2.29 bits per heavy atom. The highest BCUT2D eigenvalue weighted by Crippen LogP contribution is 2.22. The molecule has 0 amide bonds.